The molecule has 2 aliphatic rings. The monoisotopic (exact) mass is 417 g/mol. The fourth-order valence-corrected chi connectivity index (χ4v) is 5.32. The van der Waals surface area contributed by atoms with Gasteiger partial charge in [-0.1, -0.05) is 18.2 Å². The number of aromatic amines is 1. The minimum atomic E-state index is -0.287. The predicted molar refractivity (Wildman–Crippen MR) is 114 cm³/mol. The zero-order valence-corrected chi connectivity index (χ0v) is 17.8. The lowest BCUT2D eigenvalue weighted by Crippen LogP contribution is -2.36. The van der Waals surface area contributed by atoms with Gasteiger partial charge in [0.2, 0.25) is 5.91 Å². The molecule has 2 aliphatic heterocycles. The highest BCUT2D eigenvalue weighted by Crippen LogP contribution is 2.44. The Labute approximate surface area is 174 Å². The average Bonchev–Trinajstić information content (AvgIpc) is 2.88. The number of nitrogens with zero attached hydrogens (tertiary/aromatic N) is 1. The maximum atomic E-state index is 13.1. The van der Waals surface area contributed by atoms with Crippen LogP contribution in [-0.4, -0.2) is 40.3 Å². The Kier molecular flexibility index (Phi) is 5.48. The quantitative estimate of drug-likeness (QED) is 0.796. The van der Waals surface area contributed by atoms with Gasteiger partial charge in [0.05, 0.1) is 34.8 Å². The first kappa shape index (κ1) is 20.1. The number of hydrogen-bond donors (Lipinski definition) is 2. The van der Waals surface area contributed by atoms with E-state index in [9.17, 15) is 9.59 Å². The van der Waals surface area contributed by atoms with E-state index in [1.807, 2.05) is 35.9 Å². The second-order valence-corrected chi connectivity index (χ2v) is 9.13. The molecule has 4 rings (SSSR count). The van der Waals surface area contributed by atoms with Crippen LogP contribution in [-0.2, 0) is 9.53 Å². The van der Waals surface area contributed by atoms with Crippen molar-refractivity contribution in [2.24, 2.45) is 0 Å². The Morgan fingerprint density at radius 1 is 1.31 bits per heavy atom. The third-order valence-corrected chi connectivity index (χ3v) is 6.65. The van der Waals surface area contributed by atoms with Crippen LogP contribution in [0, 0.1) is 0 Å². The normalized spacial score (nSPS) is 23.8. The highest BCUT2D eigenvalue weighted by Gasteiger charge is 2.36. The lowest BCUT2D eigenvalue weighted by atomic mass is 9.94. The van der Waals surface area contributed by atoms with E-state index in [0.29, 0.717) is 24.6 Å². The van der Waals surface area contributed by atoms with Crippen LogP contribution in [0.25, 0.3) is 0 Å². The number of amides is 1. The largest absolute Gasteiger partial charge is 0.494 e. The molecule has 2 atom stereocenters. The first-order chi connectivity index (χ1) is 13.9. The van der Waals surface area contributed by atoms with E-state index < -0.39 is 0 Å². The Bertz CT molecular complexity index is 965. The number of anilines is 1. The van der Waals surface area contributed by atoms with Crippen LogP contribution in [0.5, 0.6) is 5.75 Å². The van der Waals surface area contributed by atoms with E-state index >= 15 is 0 Å². The Hall–Kier alpha value is -2.19. The van der Waals surface area contributed by atoms with Crippen LogP contribution in [0.2, 0.25) is 0 Å². The molecule has 1 fully saturated rings. The van der Waals surface area contributed by atoms with Gasteiger partial charge in [-0.15, -0.1) is 11.8 Å². The molecule has 0 radical (unpaired) electrons. The molecule has 0 aliphatic carbocycles. The molecule has 2 aromatic rings. The second-order valence-electron chi connectivity index (χ2n) is 8.04. The fraction of sp³-hybridized carbons (Fsp3) is 0.524. The molecule has 2 N–H and O–H groups in total. The summed E-state index contributed by atoms with van der Waals surface area (Å²) in [4.78, 5) is 25.6. The summed E-state index contributed by atoms with van der Waals surface area (Å²) >= 11 is 1.45. The highest BCUT2D eigenvalue weighted by molar-refractivity contribution is 8.00. The van der Waals surface area contributed by atoms with Gasteiger partial charge in [-0.3, -0.25) is 19.4 Å². The van der Waals surface area contributed by atoms with Gasteiger partial charge >= 0.3 is 0 Å². The van der Waals surface area contributed by atoms with Crippen molar-refractivity contribution in [1.82, 2.24) is 9.78 Å². The highest BCUT2D eigenvalue weighted by atomic mass is 32.2. The van der Waals surface area contributed by atoms with E-state index in [1.165, 1.54) is 11.8 Å². The summed E-state index contributed by atoms with van der Waals surface area (Å²) in [7, 11) is 0. The summed E-state index contributed by atoms with van der Waals surface area (Å²) in [6.07, 6.45) is 1.54. The van der Waals surface area contributed by atoms with Crippen LogP contribution in [0.15, 0.2) is 29.1 Å². The minimum absolute atomic E-state index is 0.0568. The molecule has 1 amide bonds. The van der Waals surface area contributed by atoms with Crippen molar-refractivity contribution < 1.29 is 14.3 Å². The number of benzene rings is 1. The van der Waals surface area contributed by atoms with Crippen molar-refractivity contribution in [2.45, 2.75) is 50.5 Å². The molecule has 29 heavy (non-hydrogen) atoms. The number of fused-ring (bicyclic) bond motifs is 1. The second kappa shape index (κ2) is 7.91. The van der Waals surface area contributed by atoms with Gasteiger partial charge in [-0.05, 0) is 39.7 Å². The summed E-state index contributed by atoms with van der Waals surface area (Å²) < 4.78 is 13.5. The third-order valence-electron chi connectivity index (χ3n) is 5.40. The van der Waals surface area contributed by atoms with Gasteiger partial charge in [0, 0.05) is 12.2 Å². The molecule has 7 nitrogen and oxygen atoms in total. The number of thioether (sulfide) groups is 1. The molecule has 1 aromatic carbocycles. The molecule has 0 spiro atoms. The smallest absolute Gasteiger partial charge is 0.270 e. The van der Waals surface area contributed by atoms with Gasteiger partial charge in [-0.2, -0.15) is 0 Å². The van der Waals surface area contributed by atoms with Crippen molar-refractivity contribution in [3.05, 3.63) is 45.7 Å². The number of carbonyl (C=O) groups excluding carboxylic acids is 1. The van der Waals surface area contributed by atoms with Gasteiger partial charge in [0.15, 0.2) is 0 Å². The van der Waals surface area contributed by atoms with Crippen LogP contribution in [0.4, 0.5) is 5.82 Å². The van der Waals surface area contributed by atoms with E-state index in [2.05, 4.69) is 24.3 Å². The number of nitrogens with one attached hydrogen (secondary N) is 2. The van der Waals surface area contributed by atoms with Crippen molar-refractivity contribution in [3.63, 3.8) is 0 Å². The van der Waals surface area contributed by atoms with E-state index in [4.69, 9.17) is 9.47 Å². The first-order valence-electron chi connectivity index (χ1n) is 10.0. The number of ether oxygens (including phenoxy) is 2. The van der Waals surface area contributed by atoms with Crippen molar-refractivity contribution in [2.75, 3.05) is 24.3 Å². The van der Waals surface area contributed by atoms with Crippen molar-refractivity contribution in [3.8, 4) is 5.75 Å². The Morgan fingerprint density at radius 2 is 2.10 bits per heavy atom. The molecular formula is C21H27N3O4S. The number of carbonyl (C=O) groups is 1. The first-order valence-corrected chi connectivity index (χ1v) is 11.1. The topological polar surface area (TPSA) is 85.4 Å². The van der Waals surface area contributed by atoms with Crippen molar-refractivity contribution in [1.29, 1.82) is 0 Å². The fourth-order valence-electron chi connectivity index (χ4n) is 4.17. The summed E-state index contributed by atoms with van der Waals surface area (Å²) in [5.41, 5.74) is 1.04. The zero-order valence-electron chi connectivity index (χ0n) is 17.0. The number of para-hydroxylation sites is 1. The van der Waals surface area contributed by atoms with Gasteiger partial charge < -0.3 is 14.8 Å². The SMILES string of the molecule is CCOc1ccccc1[C@@H]1SCC(=O)Nc2c1c(=O)[nH]n2[C@@H]1CCOC(C)(C)C1. The molecule has 156 valence electrons. The lowest BCUT2D eigenvalue weighted by Gasteiger charge is -2.36. The molecular weight excluding hydrogens is 390 g/mol. The third kappa shape index (κ3) is 3.96. The lowest BCUT2D eigenvalue weighted by molar-refractivity contribution is -0.113. The van der Waals surface area contributed by atoms with E-state index in [0.717, 1.165) is 24.2 Å². The number of hydrogen-bond acceptors (Lipinski definition) is 5. The summed E-state index contributed by atoms with van der Waals surface area (Å²) in [6, 6.07) is 7.79. The average molecular weight is 418 g/mol. The number of aromatic nitrogens is 2. The van der Waals surface area contributed by atoms with Crippen molar-refractivity contribution >= 4 is 23.5 Å². The number of rotatable bonds is 4. The molecule has 0 bridgehead atoms. The molecule has 0 saturated carbocycles. The summed E-state index contributed by atoms with van der Waals surface area (Å²) in [6.45, 7) is 7.19. The van der Waals surface area contributed by atoms with Crippen LogP contribution in [0.1, 0.15) is 56.0 Å². The summed E-state index contributed by atoms with van der Waals surface area (Å²) in [5, 5.41) is 5.69. The summed E-state index contributed by atoms with van der Waals surface area (Å²) in [5.74, 6) is 1.49. The van der Waals surface area contributed by atoms with Gasteiger partial charge in [-0.25, -0.2) is 0 Å². The van der Waals surface area contributed by atoms with Gasteiger partial charge in [0.1, 0.15) is 11.6 Å². The van der Waals surface area contributed by atoms with Gasteiger partial charge in [0.25, 0.3) is 5.56 Å². The van der Waals surface area contributed by atoms with Crippen LogP contribution in [0.3, 0.4) is 0 Å². The molecule has 1 aromatic heterocycles. The molecule has 8 heteroatoms. The number of H-pyrrole nitrogens is 1. The zero-order chi connectivity index (χ0) is 20.6. The maximum absolute atomic E-state index is 13.1. The molecule has 1 saturated heterocycles. The predicted octanol–water partition coefficient (Wildman–Crippen LogP) is 3.48. The van der Waals surface area contributed by atoms with Crippen LogP contribution >= 0.6 is 11.8 Å². The Balaban J connectivity index is 1.81. The Morgan fingerprint density at radius 3 is 2.86 bits per heavy atom. The minimum Gasteiger partial charge on any atom is -0.494 e. The maximum Gasteiger partial charge on any atom is 0.270 e. The van der Waals surface area contributed by atoms with Crippen LogP contribution < -0.4 is 15.6 Å². The van der Waals surface area contributed by atoms with E-state index in [-0.39, 0.29) is 34.1 Å². The van der Waals surface area contributed by atoms with E-state index in [1.54, 1.807) is 0 Å². The molecule has 0 unspecified atom stereocenters. The molecule has 3 heterocycles. The standard InChI is InChI=1S/C21H27N3O4S/c1-4-27-15-8-6-5-7-14(15)18-17-19(22-16(25)12-29-18)24(23-20(17)26)13-9-10-28-21(2,3)11-13/h5-8,13,18H,4,9-12H2,1-3H3,(H,22,25)(H,23,26)/t13-,18+/m1/s1.